The maximum absolute atomic E-state index is 14.7. The van der Waals surface area contributed by atoms with Gasteiger partial charge in [-0.3, -0.25) is 0 Å². The van der Waals surface area contributed by atoms with Crippen molar-refractivity contribution in [2.24, 2.45) is 5.92 Å². The molecule has 2 rings (SSSR count). The molecule has 21 heteroatoms. The molecule has 1 saturated carbocycles. The molecule has 47 heavy (non-hydrogen) atoms. The quantitative estimate of drug-likeness (QED) is 0.177. The fourth-order valence-electron chi connectivity index (χ4n) is 4.95. The highest BCUT2D eigenvalue weighted by molar-refractivity contribution is 5.26. The number of halogens is 21. The van der Waals surface area contributed by atoms with Crippen molar-refractivity contribution in [1.29, 1.82) is 0 Å². The van der Waals surface area contributed by atoms with Crippen LogP contribution in [-0.4, -0.2) is 59.5 Å². The highest BCUT2D eigenvalue weighted by Crippen LogP contribution is 2.67. The van der Waals surface area contributed by atoms with Gasteiger partial charge in [0.25, 0.3) is 0 Å². The molecule has 0 unspecified atom stereocenters. The molecule has 0 heterocycles. The Morgan fingerprint density at radius 1 is 0.468 bits per heavy atom. The molecule has 0 aliphatic heterocycles. The largest absolute Gasteiger partial charge is 0.460 e. The van der Waals surface area contributed by atoms with E-state index in [0.717, 1.165) is 18.4 Å². The first-order valence-electron chi connectivity index (χ1n) is 13.3. The molecule has 1 aliphatic carbocycles. The van der Waals surface area contributed by atoms with Gasteiger partial charge >= 0.3 is 59.5 Å². The molecule has 0 amide bonds. The van der Waals surface area contributed by atoms with Gasteiger partial charge in [0.15, 0.2) is 0 Å². The molecule has 0 N–H and O–H groups in total. The van der Waals surface area contributed by atoms with E-state index in [2.05, 4.69) is 0 Å². The molecule has 0 aromatic heterocycles. The SMILES string of the molecule is CCCCc1ccc([C@H]2CC[C@H](C(F)(F)C(F)(F)C(F)(F)C(F)(F)C(F)(F)C(F)(F)C(F)(F)C(F)(F)C(F)(F)C(F)(F)F)CC2)cc1. The number of unbranched alkanes of at least 4 members (excludes halogenated alkanes) is 1. The zero-order chi connectivity index (χ0) is 37.1. The van der Waals surface area contributed by atoms with Crippen molar-refractivity contribution >= 4 is 0 Å². The summed E-state index contributed by atoms with van der Waals surface area (Å²) in [5.41, 5.74) is 1.28. The summed E-state index contributed by atoms with van der Waals surface area (Å²) in [6.07, 6.45) is -9.21. The Morgan fingerprint density at radius 2 is 0.809 bits per heavy atom. The van der Waals surface area contributed by atoms with Crippen molar-refractivity contribution in [1.82, 2.24) is 0 Å². The van der Waals surface area contributed by atoms with Crippen molar-refractivity contribution in [3.8, 4) is 0 Å². The van der Waals surface area contributed by atoms with Crippen LogP contribution < -0.4 is 0 Å². The molecule has 0 atom stereocenters. The summed E-state index contributed by atoms with van der Waals surface area (Å²) in [5.74, 6) is -80.3. The summed E-state index contributed by atoms with van der Waals surface area (Å²) in [6.45, 7) is 1.90. The lowest BCUT2D eigenvalue weighted by molar-refractivity contribution is -0.475. The van der Waals surface area contributed by atoms with Crippen LogP contribution in [-0.2, 0) is 6.42 Å². The number of alkyl halides is 21. The number of hydrogen-bond acceptors (Lipinski definition) is 0. The van der Waals surface area contributed by atoms with E-state index in [-0.39, 0.29) is 0 Å². The zero-order valence-corrected chi connectivity index (χ0v) is 23.4. The molecule has 274 valence electrons. The molecule has 0 spiro atoms. The molecule has 1 aromatic carbocycles. The zero-order valence-electron chi connectivity index (χ0n) is 23.4. The molecule has 1 fully saturated rings. The van der Waals surface area contributed by atoms with Crippen molar-refractivity contribution in [2.45, 2.75) is 117 Å². The minimum absolute atomic E-state index is 0.436. The second-order valence-corrected chi connectivity index (χ2v) is 11.1. The average molecular weight is 734 g/mol. The van der Waals surface area contributed by atoms with Crippen LogP contribution >= 0.6 is 0 Å². The Balaban J connectivity index is 2.43. The van der Waals surface area contributed by atoms with E-state index >= 15 is 0 Å². The average Bonchev–Trinajstić information content (AvgIpc) is 2.94. The first-order valence-corrected chi connectivity index (χ1v) is 13.3. The van der Waals surface area contributed by atoms with Crippen molar-refractivity contribution in [3.63, 3.8) is 0 Å². The summed E-state index contributed by atoms with van der Waals surface area (Å²) >= 11 is 0. The fraction of sp³-hybridized carbons (Fsp3) is 0.769. The molecule has 0 saturated heterocycles. The van der Waals surface area contributed by atoms with Gasteiger partial charge in [-0.2, -0.15) is 92.2 Å². The van der Waals surface area contributed by atoms with Gasteiger partial charge in [0.1, 0.15) is 0 Å². The van der Waals surface area contributed by atoms with E-state index in [1.54, 1.807) is 12.1 Å². The first-order chi connectivity index (χ1) is 20.8. The Morgan fingerprint density at radius 3 is 1.15 bits per heavy atom. The number of benzene rings is 1. The van der Waals surface area contributed by atoms with Gasteiger partial charge in [-0.25, -0.2) is 0 Å². The number of rotatable bonds is 13. The highest BCUT2D eigenvalue weighted by atomic mass is 19.4. The second kappa shape index (κ2) is 12.3. The van der Waals surface area contributed by atoms with E-state index in [0.29, 0.717) is 12.0 Å². The summed E-state index contributed by atoms with van der Waals surface area (Å²) in [6, 6.07) is 6.29. The Labute approximate surface area is 251 Å². The van der Waals surface area contributed by atoms with E-state index < -0.39 is 97.0 Å². The molecular weight excluding hydrogens is 711 g/mol. The molecule has 0 nitrogen and oxygen atoms in total. The number of hydrogen-bond donors (Lipinski definition) is 0. The standard InChI is InChI=1S/C26H23F21/c1-2-3-4-13-5-7-14(8-6-13)15-9-11-16(12-10-15)17(27,28)18(29,30)19(31,32)20(33,34)21(35,36)22(37,38)23(39,40)24(41,42)25(43,44)26(45,46)47/h5-8,15-16H,2-4,9-12H2,1H3/t15-,16-. The van der Waals surface area contributed by atoms with E-state index in [4.69, 9.17) is 0 Å². The first kappa shape index (κ1) is 40.9. The Hall–Kier alpha value is -2.25. The monoisotopic (exact) mass is 734 g/mol. The van der Waals surface area contributed by atoms with Crippen LogP contribution in [0, 0.1) is 5.92 Å². The van der Waals surface area contributed by atoms with E-state index in [9.17, 15) is 92.2 Å². The lowest BCUT2D eigenvalue weighted by Gasteiger charge is -2.46. The topological polar surface area (TPSA) is 0 Å². The normalized spacial score (nSPS) is 20.5. The maximum atomic E-state index is 14.7. The highest BCUT2D eigenvalue weighted by Gasteiger charge is 2.98. The smallest absolute Gasteiger partial charge is 0.199 e. The minimum Gasteiger partial charge on any atom is -0.199 e. The van der Waals surface area contributed by atoms with Crippen LogP contribution in [0.25, 0.3) is 0 Å². The molecular formula is C26H23F21. The number of aryl methyl sites for hydroxylation is 1. The van der Waals surface area contributed by atoms with Crippen LogP contribution in [0.5, 0.6) is 0 Å². The summed E-state index contributed by atoms with van der Waals surface area (Å²) in [4.78, 5) is 0. The summed E-state index contributed by atoms with van der Waals surface area (Å²) in [5, 5.41) is 0. The van der Waals surface area contributed by atoms with E-state index in [1.165, 1.54) is 12.1 Å². The Kier molecular flexibility index (Phi) is 10.7. The van der Waals surface area contributed by atoms with Gasteiger partial charge in [-0.15, -0.1) is 0 Å². The van der Waals surface area contributed by atoms with Crippen molar-refractivity contribution in [3.05, 3.63) is 35.4 Å². The van der Waals surface area contributed by atoms with Crippen molar-refractivity contribution in [2.75, 3.05) is 0 Å². The lowest BCUT2D eigenvalue weighted by atomic mass is 9.73. The lowest BCUT2D eigenvalue weighted by Crippen LogP contribution is -2.77. The van der Waals surface area contributed by atoms with Crippen LogP contribution in [0.1, 0.15) is 62.5 Å². The maximum Gasteiger partial charge on any atom is 0.460 e. The van der Waals surface area contributed by atoms with Crippen LogP contribution in [0.2, 0.25) is 0 Å². The summed E-state index contributed by atoms with van der Waals surface area (Å²) < 4.78 is 287. The van der Waals surface area contributed by atoms with Gasteiger partial charge in [0.05, 0.1) is 0 Å². The third-order valence-corrected chi connectivity index (χ3v) is 8.05. The van der Waals surface area contributed by atoms with Gasteiger partial charge in [-0.1, -0.05) is 37.6 Å². The fourth-order valence-corrected chi connectivity index (χ4v) is 4.95. The molecule has 0 radical (unpaired) electrons. The molecule has 0 bridgehead atoms. The predicted molar refractivity (Wildman–Crippen MR) is 120 cm³/mol. The van der Waals surface area contributed by atoms with Gasteiger partial charge in [0, 0.05) is 5.92 Å². The van der Waals surface area contributed by atoms with Gasteiger partial charge < -0.3 is 0 Å². The van der Waals surface area contributed by atoms with Crippen LogP contribution in [0.4, 0.5) is 92.2 Å². The Bertz CT molecular complexity index is 1200. The third kappa shape index (κ3) is 6.00. The molecule has 1 aromatic rings. The minimum atomic E-state index is -9.15. The van der Waals surface area contributed by atoms with E-state index in [1.807, 2.05) is 6.92 Å². The van der Waals surface area contributed by atoms with Crippen molar-refractivity contribution < 1.29 is 92.2 Å². The van der Waals surface area contributed by atoms with Crippen LogP contribution in [0.15, 0.2) is 24.3 Å². The summed E-state index contributed by atoms with van der Waals surface area (Å²) in [7, 11) is 0. The van der Waals surface area contributed by atoms with Crippen LogP contribution in [0.3, 0.4) is 0 Å². The van der Waals surface area contributed by atoms with Gasteiger partial charge in [-0.05, 0) is 55.6 Å². The van der Waals surface area contributed by atoms with Gasteiger partial charge in [0.2, 0.25) is 0 Å². The second-order valence-electron chi connectivity index (χ2n) is 11.1. The predicted octanol–water partition coefficient (Wildman–Crippen LogP) is 11.6. The molecule has 1 aliphatic rings. The third-order valence-electron chi connectivity index (χ3n) is 8.05.